The monoisotopic (exact) mass is 349 g/mol. The molecule has 1 aromatic heterocycles. The van der Waals surface area contributed by atoms with Gasteiger partial charge in [-0.15, -0.1) is 0 Å². The molecule has 0 atom stereocenters. The zero-order valence-corrected chi connectivity index (χ0v) is 15.1. The highest BCUT2D eigenvalue weighted by molar-refractivity contribution is 5.98. The molecule has 0 bridgehead atoms. The second-order valence-corrected chi connectivity index (χ2v) is 6.35. The van der Waals surface area contributed by atoms with Gasteiger partial charge in [0.25, 0.3) is 0 Å². The molecule has 1 heterocycles. The van der Waals surface area contributed by atoms with Crippen molar-refractivity contribution >= 4 is 28.4 Å². The van der Waals surface area contributed by atoms with Crippen LogP contribution in [0.5, 0.6) is 0 Å². The lowest BCUT2D eigenvalue weighted by molar-refractivity contribution is -0.123. The van der Waals surface area contributed by atoms with Gasteiger partial charge < -0.3 is 15.2 Å². The van der Waals surface area contributed by atoms with Crippen molar-refractivity contribution < 1.29 is 9.59 Å². The quantitative estimate of drug-likeness (QED) is 0.718. The number of hydrogen-bond acceptors (Lipinski definition) is 2. The smallest absolute Gasteiger partial charge is 0.240 e. The van der Waals surface area contributed by atoms with Crippen LogP contribution in [0.25, 0.3) is 10.9 Å². The van der Waals surface area contributed by atoms with E-state index in [-0.39, 0.29) is 18.4 Å². The molecule has 3 rings (SSSR count). The highest BCUT2D eigenvalue weighted by atomic mass is 16.2. The van der Waals surface area contributed by atoms with Crippen LogP contribution in [0.2, 0.25) is 0 Å². The predicted octanol–water partition coefficient (Wildman–Crippen LogP) is 3.19. The zero-order chi connectivity index (χ0) is 18.5. The van der Waals surface area contributed by atoms with E-state index in [2.05, 4.69) is 16.4 Å². The maximum absolute atomic E-state index is 12.3. The summed E-state index contributed by atoms with van der Waals surface area (Å²) in [5.74, 6) is -0.311. The van der Waals surface area contributed by atoms with E-state index in [0.717, 1.165) is 23.2 Å². The third-order valence-electron chi connectivity index (χ3n) is 4.48. The average molecular weight is 349 g/mol. The average Bonchev–Trinajstić information content (AvgIpc) is 3.04. The van der Waals surface area contributed by atoms with Gasteiger partial charge in [0.15, 0.2) is 0 Å². The molecule has 0 radical (unpaired) electrons. The number of anilines is 1. The number of amides is 2. The van der Waals surface area contributed by atoms with Crippen molar-refractivity contribution in [2.24, 2.45) is 0 Å². The van der Waals surface area contributed by atoms with Crippen molar-refractivity contribution in [2.75, 3.05) is 18.0 Å². The van der Waals surface area contributed by atoms with Gasteiger partial charge >= 0.3 is 0 Å². The maximum Gasteiger partial charge on any atom is 0.240 e. The molecule has 0 aliphatic rings. The first-order chi connectivity index (χ1) is 12.6. The number of H-pyrrole nitrogens is 1. The van der Waals surface area contributed by atoms with Crippen molar-refractivity contribution in [2.45, 2.75) is 20.3 Å². The minimum absolute atomic E-state index is 0.0219. The highest BCUT2D eigenvalue weighted by Crippen LogP contribution is 2.19. The molecule has 0 saturated heterocycles. The number of aromatic amines is 1. The number of fused-ring (bicyclic) bond motifs is 1. The van der Waals surface area contributed by atoms with Crippen LogP contribution in [-0.2, 0) is 16.0 Å². The summed E-state index contributed by atoms with van der Waals surface area (Å²) in [6.07, 6.45) is 2.71. The Morgan fingerprint density at radius 2 is 1.81 bits per heavy atom. The molecule has 134 valence electrons. The molecule has 0 aliphatic carbocycles. The molecule has 3 aromatic rings. The predicted molar refractivity (Wildman–Crippen MR) is 104 cm³/mol. The Labute approximate surface area is 153 Å². The SMILES string of the molecule is CC(=O)N(CC(=O)NCCc1c[nH]c2ccccc12)c1ccccc1C. The summed E-state index contributed by atoms with van der Waals surface area (Å²) in [5, 5.41) is 4.09. The van der Waals surface area contributed by atoms with Crippen molar-refractivity contribution in [1.82, 2.24) is 10.3 Å². The lowest BCUT2D eigenvalue weighted by atomic mass is 10.1. The van der Waals surface area contributed by atoms with Crippen molar-refractivity contribution in [3.8, 4) is 0 Å². The Balaban J connectivity index is 1.59. The fourth-order valence-electron chi connectivity index (χ4n) is 3.11. The summed E-state index contributed by atoms with van der Waals surface area (Å²) in [5.41, 5.74) is 4.00. The van der Waals surface area contributed by atoms with Crippen LogP contribution >= 0.6 is 0 Å². The minimum Gasteiger partial charge on any atom is -0.361 e. The number of para-hydroxylation sites is 2. The first-order valence-electron chi connectivity index (χ1n) is 8.71. The Bertz CT molecular complexity index is 930. The van der Waals surface area contributed by atoms with E-state index >= 15 is 0 Å². The molecule has 0 fully saturated rings. The first-order valence-corrected chi connectivity index (χ1v) is 8.71. The molecular formula is C21H23N3O2. The second-order valence-electron chi connectivity index (χ2n) is 6.35. The van der Waals surface area contributed by atoms with Gasteiger partial charge in [-0.25, -0.2) is 0 Å². The number of rotatable bonds is 6. The third-order valence-corrected chi connectivity index (χ3v) is 4.48. The number of carbonyl (C=O) groups is 2. The highest BCUT2D eigenvalue weighted by Gasteiger charge is 2.17. The van der Waals surface area contributed by atoms with Crippen LogP contribution < -0.4 is 10.2 Å². The summed E-state index contributed by atoms with van der Waals surface area (Å²) in [6.45, 7) is 3.96. The Kier molecular flexibility index (Phi) is 5.37. The van der Waals surface area contributed by atoms with E-state index in [9.17, 15) is 9.59 Å². The third kappa shape index (κ3) is 3.94. The largest absolute Gasteiger partial charge is 0.361 e. The van der Waals surface area contributed by atoms with Crippen LogP contribution in [-0.4, -0.2) is 29.9 Å². The normalized spacial score (nSPS) is 10.7. The molecule has 26 heavy (non-hydrogen) atoms. The van der Waals surface area contributed by atoms with Crippen LogP contribution in [0.4, 0.5) is 5.69 Å². The van der Waals surface area contributed by atoms with E-state index < -0.39 is 0 Å². The van der Waals surface area contributed by atoms with Gasteiger partial charge in [0.1, 0.15) is 6.54 Å². The van der Waals surface area contributed by atoms with E-state index in [1.165, 1.54) is 22.8 Å². The van der Waals surface area contributed by atoms with Gasteiger partial charge in [0, 0.05) is 36.3 Å². The minimum atomic E-state index is -0.164. The van der Waals surface area contributed by atoms with Gasteiger partial charge in [0.05, 0.1) is 0 Å². The standard InChI is InChI=1S/C21H23N3O2/c1-15-7-3-6-10-20(15)24(16(2)25)14-21(26)22-12-11-17-13-23-19-9-5-4-8-18(17)19/h3-10,13,23H,11-12,14H2,1-2H3,(H,22,26). The molecule has 0 unspecified atom stereocenters. The van der Waals surface area contributed by atoms with Crippen molar-refractivity contribution in [3.05, 3.63) is 65.9 Å². The number of aromatic nitrogens is 1. The number of hydrogen-bond donors (Lipinski definition) is 2. The maximum atomic E-state index is 12.3. The van der Waals surface area contributed by atoms with Crippen LogP contribution in [0.15, 0.2) is 54.7 Å². The Morgan fingerprint density at radius 3 is 2.58 bits per heavy atom. The van der Waals surface area contributed by atoms with E-state index in [1.807, 2.05) is 55.6 Å². The second kappa shape index (κ2) is 7.87. The first kappa shape index (κ1) is 17.7. The number of carbonyl (C=O) groups excluding carboxylic acids is 2. The molecule has 5 nitrogen and oxygen atoms in total. The Morgan fingerprint density at radius 1 is 1.08 bits per heavy atom. The molecule has 0 spiro atoms. The number of nitrogens with zero attached hydrogens (tertiary/aromatic N) is 1. The van der Waals surface area contributed by atoms with E-state index in [0.29, 0.717) is 6.54 Å². The fourth-order valence-corrected chi connectivity index (χ4v) is 3.11. The van der Waals surface area contributed by atoms with Crippen LogP contribution in [0.1, 0.15) is 18.1 Å². The summed E-state index contributed by atoms with van der Waals surface area (Å²) >= 11 is 0. The van der Waals surface area contributed by atoms with Crippen LogP contribution in [0.3, 0.4) is 0 Å². The van der Waals surface area contributed by atoms with Gasteiger partial charge in [-0.3, -0.25) is 9.59 Å². The summed E-state index contributed by atoms with van der Waals surface area (Å²) in [7, 11) is 0. The molecule has 2 aromatic carbocycles. The topological polar surface area (TPSA) is 65.2 Å². The van der Waals surface area contributed by atoms with E-state index in [4.69, 9.17) is 0 Å². The van der Waals surface area contributed by atoms with Gasteiger partial charge in [-0.05, 0) is 36.6 Å². The molecule has 0 saturated carbocycles. The van der Waals surface area contributed by atoms with Crippen molar-refractivity contribution in [1.29, 1.82) is 0 Å². The summed E-state index contributed by atoms with van der Waals surface area (Å²) < 4.78 is 0. The van der Waals surface area contributed by atoms with Crippen LogP contribution in [0, 0.1) is 6.92 Å². The lowest BCUT2D eigenvalue weighted by Crippen LogP contribution is -2.40. The lowest BCUT2D eigenvalue weighted by Gasteiger charge is -2.22. The Hall–Kier alpha value is -3.08. The van der Waals surface area contributed by atoms with Crippen molar-refractivity contribution in [3.63, 3.8) is 0 Å². The molecule has 0 aliphatic heterocycles. The van der Waals surface area contributed by atoms with Gasteiger partial charge in [-0.2, -0.15) is 0 Å². The number of benzene rings is 2. The fraction of sp³-hybridized carbons (Fsp3) is 0.238. The summed E-state index contributed by atoms with van der Waals surface area (Å²) in [6, 6.07) is 15.7. The summed E-state index contributed by atoms with van der Waals surface area (Å²) in [4.78, 5) is 29.0. The zero-order valence-electron chi connectivity index (χ0n) is 15.1. The molecule has 2 amide bonds. The molecule has 2 N–H and O–H groups in total. The molecule has 5 heteroatoms. The van der Waals surface area contributed by atoms with Gasteiger partial charge in [0.2, 0.25) is 11.8 Å². The van der Waals surface area contributed by atoms with E-state index in [1.54, 1.807) is 0 Å². The van der Waals surface area contributed by atoms with Gasteiger partial charge in [-0.1, -0.05) is 36.4 Å². The number of aryl methyl sites for hydroxylation is 1. The number of nitrogens with one attached hydrogen (secondary N) is 2. The molecular weight excluding hydrogens is 326 g/mol.